The number of ether oxygens (including phenoxy) is 2. The maximum absolute atomic E-state index is 12.9. The molecule has 1 atom stereocenters. The second-order valence-corrected chi connectivity index (χ2v) is 10.5. The third-order valence-corrected chi connectivity index (χ3v) is 6.55. The molecule has 2 heterocycles. The van der Waals surface area contributed by atoms with Gasteiger partial charge in [0, 0.05) is 12.2 Å². The van der Waals surface area contributed by atoms with Crippen LogP contribution >= 0.6 is 11.3 Å². The zero-order chi connectivity index (χ0) is 27.3. The summed E-state index contributed by atoms with van der Waals surface area (Å²) < 4.78 is 9.88. The number of hydrogen-bond acceptors (Lipinski definition) is 8. The first kappa shape index (κ1) is 27.7. The van der Waals surface area contributed by atoms with Gasteiger partial charge in [0.05, 0.1) is 29.8 Å². The van der Waals surface area contributed by atoms with Crippen molar-refractivity contribution < 1.29 is 33.4 Å². The lowest BCUT2D eigenvalue weighted by molar-refractivity contribution is -0.142. The van der Waals surface area contributed by atoms with E-state index in [4.69, 9.17) is 9.47 Å². The van der Waals surface area contributed by atoms with Crippen molar-refractivity contribution in [3.63, 3.8) is 0 Å². The van der Waals surface area contributed by atoms with Crippen molar-refractivity contribution in [1.82, 2.24) is 16.0 Å². The lowest BCUT2D eigenvalue weighted by Gasteiger charge is -2.21. The first-order valence-corrected chi connectivity index (χ1v) is 12.3. The van der Waals surface area contributed by atoms with Crippen molar-refractivity contribution in [3.05, 3.63) is 50.7 Å². The molecular formula is C25H30N4O7S. The number of thiophene rings is 1. The van der Waals surface area contributed by atoms with Crippen molar-refractivity contribution in [2.45, 2.75) is 52.3 Å². The Kier molecular flexibility index (Phi) is 8.53. The summed E-state index contributed by atoms with van der Waals surface area (Å²) in [5.74, 6) is -1.81. The maximum Gasteiger partial charge on any atom is 0.407 e. The van der Waals surface area contributed by atoms with E-state index in [1.807, 2.05) is 12.1 Å². The van der Waals surface area contributed by atoms with Crippen LogP contribution in [0.1, 0.15) is 56.8 Å². The molecule has 4 N–H and O–H groups in total. The zero-order valence-corrected chi connectivity index (χ0v) is 22.1. The molecule has 4 amide bonds. The monoisotopic (exact) mass is 530 g/mol. The molecule has 0 unspecified atom stereocenters. The molecule has 198 valence electrons. The van der Waals surface area contributed by atoms with Gasteiger partial charge in [-0.2, -0.15) is 0 Å². The average Bonchev–Trinajstić information content (AvgIpc) is 3.40. The first-order chi connectivity index (χ1) is 17.4. The van der Waals surface area contributed by atoms with Crippen LogP contribution in [0.4, 0.5) is 10.5 Å². The van der Waals surface area contributed by atoms with Crippen LogP contribution in [0.2, 0.25) is 0 Å². The van der Waals surface area contributed by atoms with Gasteiger partial charge in [-0.25, -0.2) is 9.59 Å². The predicted octanol–water partition coefficient (Wildman–Crippen LogP) is 2.28. The fourth-order valence-electron chi connectivity index (χ4n) is 3.62. The maximum atomic E-state index is 12.9. The van der Waals surface area contributed by atoms with Crippen LogP contribution in [0.15, 0.2) is 24.3 Å². The van der Waals surface area contributed by atoms with E-state index in [0.29, 0.717) is 10.4 Å². The van der Waals surface area contributed by atoms with E-state index < -0.39 is 29.6 Å². The summed E-state index contributed by atoms with van der Waals surface area (Å²) in [7, 11) is 1.17. The number of carbonyl (C=O) groups excluding carboxylic acids is 5. The van der Waals surface area contributed by atoms with E-state index in [1.165, 1.54) is 7.11 Å². The summed E-state index contributed by atoms with van der Waals surface area (Å²) in [6, 6.07) is 5.88. The van der Waals surface area contributed by atoms with Gasteiger partial charge >= 0.3 is 12.1 Å². The number of hydrogen-bond donors (Lipinski definition) is 4. The van der Waals surface area contributed by atoms with E-state index >= 15 is 0 Å². The van der Waals surface area contributed by atoms with E-state index in [1.54, 1.807) is 39.8 Å². The van der Waals surface area contributed by atoms with Gasteiger partial charge in [-0.05, 0) is 56.5 Å². The van der Waals surface area contributed by atoms with Crippen molar-refractivity contribution in [2.24, 2.45) is 0 Å². The van der Waals surface area contributed by atoms with Crippen LogP contribution in [-0.4, -0.2) is 55.1 Å². The highest BCUT2D eigenvalue weighted by molar-refractivity contribution is 7.16. The Morgan fingerprint density at radius 2 is 1.86 bits per heavy atom. The molecule has 3 rings (SSSR count). The molecule has 0 spiro atoms. The average molecular weight is 531 g/mol. The number of esters is 1. The molecular weight excluding hydrogens is 500 g/mol. The third-order valence-electron chi connectivity index (χ3n) is 5.31. The van der Waals surface area contributed by atoms with Crippen LogP contribution < -0.4 is 21.3 Å². The minimum atomic E-state index is -1.17. The Morgan fingerprint density at radius 1 is 1.14 bits per heavy atom. The number of rotatable bonds is 8. The number of amides is 4. The topological polar surface area (TPSA) is 152 Å². The van der Waals surface area contributed by atoms with Gasteiger partial charge in [0.25, 0.3) is 11.8 Å². The molecule has 1 aliphatic heterocycles. The number of carbonyl (C=O) groups is 5. The normalized spacial score (nSPS) is 13.2. The molecule has 0 fully saturated rings. The number of methoxy groups -OCH3 is 1. The highest BCUT2D eigenvalue weighted by Gasteiger charge is 2.27. The number of aryl methyl sites for hydroxylation is 1. The van der Waals surface area contributed by atoms with Crippen LogP contribution in [0.3, 0.4) is 0 Å². The van der Waals surface area contributed by atoms with Crippen molar-refractivity contribution in [2.75, 3.05) is 19.0 Å². The van der Waals surface area contributed by atoms with E-state index in [0.717, 1.165) is 28.2 Å². The van der Waals surface area contributed by atoms with Crippen LogP contribution in [0.5, 0.6) is 0 Å². The standard InChI is InChI=1S/C25H30N4O7S/c1-13-9-18(21(31)26-11-14-7-6-8-16-15(14)10-19(30)28-16)37-20(13)22(32)29-17(23(33)35-5)12-27-24(34)36-25(2,3)4/h6-9,17H,10-12H2,1-5H3,(H,26,31)(H,27,34)(H,28,30)(H,29,32)/t17-/m0/s1. The molecule has 37 heavy (non-hydrogen) atoms. The Hall–Kier alpha value is -3.93. The summed E-state index contributed by atoms with van der Waals surface area (Å²) in [6.45, 7) is 6.74. The molecule has 1 aromatic carbocycles. The van der Waals surface area contributed by atoms with Gasteiger partial charge in [-0.3, -0.25) is 14.4 Å². The quantitative estimate of drug-likeness (QED) is 0.382. The lowest BCUT2D eigenvalue weighted by Crippen LogP contribution is -2.49. The summed E-state index contributed by atoms with van der Waals surface area (Å²) in [6.07, 6.45) is -0.486. The van der Waals surface area contributed by atoms with Crippen LogP contribution in [-0.2, 0) is 32.0 Å². The Bertz CT molecular complexity index is 1230. The predicted molar refractivity (Wildman–Crippen MR) is 137 cm³/mol. The molecule has 0 bridgehead atoms. The van der Waals surface area contributed by atoms with E-state index in [9.17, 15) is 24.0 Å². The van der Waals surface area contributed by atoms with Gasteiger partial charge in [0.2, 0.25) is 5.91 Å². The second-order valence-electron chi connectivity index (χ2n) is 9.41. The lowest BCUT2D eigenvalue weighted by atomic mass is 10.0. The van der Waals surface area contributed by atoms with Gasteiger partial charge in [0.15, 0.2) is 0 Å². The number of nitrogens with one attached hydrogen (secondary N) is 4. The minimum absolute atomic E-state index is 0.0927. The largest absolute Gasteiger partial charge is 0.467 e. The number of anilines is 1. The molecule has 0 radical (unpaired) electrons. The highest BCUT2D eigenvalue weighted by atomic mass is 32.1. The molecule has 0 saturated carbocycles. The number of alkyl carbamates (subject to hydrolysis) is 1. The van der Waals surface area contributed by atoms with Gasteiger partial charge in [0.1, 0.15) is 11.6 Å². The fraction of sp³-hybridized carbons (Fsp3) is 0.400. The minimum Gasteiger partial charge on any atom is -0.467 e. The Balaban J connectivity index is 1.63. The zero-order valence-electron chi connectivity index (χ0n) is 21.3. The number of fused-ring (bicyclic) bond motifs is 1. The van der Waals surface area contributed by atoms with Crippen molar-refractivity contribution in [3.8, 4) is 0 Å². The first-order valence-electron chi connectivity index (χ1n) is 11.5. The molecule has 2 aromatic rings. The number of benzene rings is 1. The third kappa shape index (κ3) is 7.29. The molecule has 0 aliphatic carbocycles. The summed E-state index contributed by atoms with van der Waals surface area (Å²) in [5.41, 5.74) is 2.24. The van der Waals surface area contributed by atoms with Crippen molar-refractivity contribution >= 4 is 46.8 Å². The van der Waals surface area contributed by atoms with Gasteiger partial charge < -0.3 is 30.7 Å². The Labute approximate surface area is 218 Å². The summed E-state index contributed by atoms with van der Waals surface area (Å²) >= 11 is 0.976. The molecule has 1 aromatic heterocycles. The molecule has 1 aliphatic rings. The fourth-order valence-corrected chi connectivity index (χ4v) is 4.61. The SMILES string of the molecule is COC(=O)[C@H](CNC(=O)OC(C)(C)C)NC(=O)c1sc(C(=O)NCc2cccc3c2CC(=O)N3)cc1C. The van der Waals surface area contributed by atoms with E-state index in [2.05, 4.69) is 21.3 Å². The molecule has 12 heteroatoms. The highest BCUT2D eigenvalue weighted by Crippen LogP contribution is 2.27. The van der Waals surface area contributed by atoms with Crippen LogP contribution in [0, 0.1) is 6.92 Å². The summed E-state index contributed by atoms with van der Waals surface area (Å²) in [4.78, 5) is 62.1. The van der Waals surface area contributed by atoms with Gasteiger partial charge in [-0.1, -0.05) is 12.1 Å². The Morgan fingerprint density at radius 3 is 2.54 bits per heavy atom. The summed E-state index contributed by atoms with van der Waals surface area (Å²) in [5, 5.41) is 10.6. The smallest absolute Gasteiger partial charge is 0.407 e. The molecule has 0 saturated heterocycles. The van der Waals surface area contributed by atoms with E-state index in [-0.39, 0.29) is 36.2 Å². The molecule has 11 nitrogen and oxygen atoms in total. The van der Waals surface area contributed by atoms with Crippen molar-refractivity contribution in [1.29, 1.82) is 0 Å². The second kappa shape index (κ2) is 11.4. The van der Waals surface area contributed by atoms with Crippen LogP contribution in [0.25, 0.3) is 0 Å². The van der Waals surface area contributed by atoms with Gasteiger partial charge in [-0.15, -0.1) is 11.3 Å².